The van der Waals surface area contributed by atoms with Gasteiger partial charge < -0.3 is 9.80 Å². The molecule has 0 aromatic heterocycles. The molecule has 24 heavy (non-hydrogen) atoms. The van der Waals surface area contributed by atoms with Gasteiger partial charge in [-0.15, -0.1) is 0 Å². The van der Waals surface area contributed by atoms with Crippen molar-refractivity contribution < 1.29 is 9.72 Å². The fourth-order valence-corrected chi connectivity index (χ4v) is 3.89. The number of anilines is 1. The molecule has 0 N–H and O–H groups in total. The number of piperidine rings is 1. The predicted octanol–water partition coefficient (Wildman–Crippen LogP) is 3.60. The maximum Gasteiger partial charge on any atom is 0.293 e. The number of nitro benzene ring substituents is 1. The molecule has 1 atom stereocenters. The minimum Gasteiger partial charge on any atom is -0.366 e. The number of hydrogen-bond acceptors (Lipinski definition) is 4. The van der Waals surface area contributed by atoms with Gasteiger partial charge in [0.05, 0.1) is 4.92 Å². The monoisotopic (exact) mass is 331 g/mol. The van der Waals surface area contributed by atoms with Crippen LogP contribution in [0.15, 0.2) is 18.2 Å². The van der Waals surface area contributed by atoms with Crippen molar-refractivity contribution in [2.45, 2.75) is 51.5 Å². The standard InChI is InChI=1S/C18H25N3O3/c1-2-15-7-3-4-12-20(15)18(22)14-8-9-16(17(13-14)21(23)24)19-10-5-6-11-19/h8-9,13,15H,2-7,10-12H2,1H3. The molecule has 1 amide bonds. The normalized spacial score (nSPS) is 21.1. The van der Waals surface area contributed by atoms with Crippen LogP contribution in [-0.2, 0) is 0 Å². The summed E-state index contributed by atoms with van der Waals surface area (Å²) in [5.74, 6) is -0.0716. The van der Waals surface area contributed by atoms with E-state index in [9.17, 15) is 14.9 Å². The van der Waals surface area contributed by atoms with Crippen LogP contribution in [0.1, 0.15) is 55.8 Å². The summed E-state index contributed by atoms with van der Waals surface area (Å²) in [5, 5.41) is 11.5. The predicted molar refractivity (Wildman–Crippen MR) is 93.5 cm³/mol. The third-order valence-electron chi connectivity index (χ3n) is 5.23. The summed E-state index contributed by atoms with van der Waals surface area (Å²) < 4.78 is 0. The molecule has 2 saturated heterocycles. The Morgan fingerprint density at radius 2 is 1.92 bits per heavy atom. The number of rotatable bonds is 4. The van der Waals surface area contributed by atoms with E-state index in [1.54, 1.807) is 12.1 Å². The van der Waals surface area contributed by atoms with Gasteiger partial charge in [-0.1, -0.05) is 6.92 Å². The smallest absolute Gasteiger partial charge is 0.293 e. The van der Waals surface area contributed by atoms with E-state index in [-0.39, 0.29) is 22.6 Å². The van der Waals surface area contributed by atoms with Crippen LogP contribution < -0.4 is 4.90 Å². The lowest BCUT2D eigenvalue weighted by Crippen LogP contribution is -2.43. The molecular formula is C18H25N3O3. The van der Waals surface area contributed by atoms with E-state index in [0.717, 1.165) is 58.2 Å². The Bertz CT molecular complexity index is 626. The number of carbonyl (C=O) groups excluding carboxylic acids is 1. The first-order valence-corrected chi connectivity index (χ1v) is 8.96. The van der Waals surface area contributed by atoms with Crippen LogP contribution in [0.25, 0.3) is 0 Å². The van der Waals surface area contributed by atoms with Gasteiger partial charge in [0.15, 0.2) is 0 Å². The van der Waals surface area contributed by atoms with Crippen LogP contribution >= 0.6 is 0 Å². The van der Waals surface area contributed by atoms with Crippen LogP contribution in [0.2, 0.25) is 0 Å². The van der Waals surface area contributed by atoms with Gasteiger partial charge in [-0.2, -0.15) is 0 Å². The second kappa shape index (κ2) is 7.20. The first-order valence-electron chi connectivity index (χ1n) is 8.96. The maximum atomic E-state index is 12.9. The quantitative estimate of drug-likeness (QED) is 0.624. The van der Waals surface area contributed by atoms with Crippen molar-refractivity contribution in [3.63, 3.8) is 0 Å². The molecule has 0 saturated carbocycles. The van der Waals surface area contributed by atoms with Gasteiger partial charge in [0.1, 0.15) is 5.69 Å². The zero-order valence-corrected chi connectivity index (χ0v) is 14.2. The number of likely N-dealkylation sites (tertiary alicyclic amines) is 1. The van der Waals surface area contributed by atoms with Crippen molar-refractivity contribution in [1.82, 2.24) is 4.90 Å². The molecule has 1 unspecified atom stereocenters. The summed E-state index contributed by atoms with van der Waals surface area (Å²) in [6.07, 6.45) is 6.23. The third-order valence-corrected chi connectivity index (χ3v) is 5.23. The molecule has 1 aromatic carbocycles. The Hall–Kier alpha value is -2.11. The molecule has 1 aromatic rings. The first kappa shape index (κ1) is 16.7. The first-order chi connectivity index (χ1) is 11.6. The zero-order chi connectivity index (χ0) is 17.1. The molecule has 2 aliphatic heterocycles. The summed E-state index contributed by atoms with van der Waals surface area (Å²) in [6.45, 7) is 4.53. The number of carbonyl (C=O) groups is 1. The zero-order valence-electron chi connectivity index (χ0n) is 14.2. The number of hydrogen-bond donors (Lipinski definition) is 0. The van der Waals surface area contributed by atoms with Gasteiger partial charge >= 0.3 is 0 Å². The molecule has 0 radical (unpaired) electrons. The minimum absolute atomic E-state index is 0.0489. The number of benzene rings is 1. The second-order valence-electron chi connectivity index (χ2n) is 6.71. The largest absolute Gasteiger partial charge is 0.366 e. The molecule has 130 valence electrons. The highest BCUT2D eigenvalue weighted by Gasteiger charge is 2.29. The van der Waals surface area contributed by atoms with E-state index in [0.29, 0.717) is 11.3 Å². The molecule has 0 aliphatic carbocycles. The SMILES string of the molecule is CCC1CCCCN1C(=O)c1ccc(N2CCCC2)c([N+](=O)[O-])c1. The Kier molecular flexibility index (Phi) is 5.02. The molecule has 6 nitrogen and oxygen atoms in total. The highest BCUT2D eigenvalue weighted by Crippen LogP contribution is 2.32. The third kappa shape index (κ3) is 3.23. The lowest BCUT2D eigenvalue weighted by atomic mass is 9.98. The molecular weight excluding hydrogens is 306 g/mol. The molecule has 6 heteroatoms. The van der Waals surface area contributed by atoms with Crippen molar-refractivity contribution in [1.29, 1.82) is 0 Å². The van der Waals surface area contributed by atoms with Crippen molar-refractivity contribution in [2.75, 3.05) is 24.5 Å². The molecule has 2 fully saturated rings. The fourth-order valence-electron chi connectivity index (χ4n) is 3.89. The van der Waals surface area contributed by atoms with Crippen LogP contribution in [0, 0.1) is 10.1 Å². The van der Waals surface area contributed by atoms with Gasteiger partial charge in [-0.25, -0.2) is 0 Å². The van der Waals surface area contributed by atoms with Gasteiger partial charge in [-0.05, 0) is 50.7 Å². The maximum absolute atomic E-state index is 12.9. The minimum atomic E-state index is -0.363. The van der Waals surface area contributed by atoms with Crippen LogP contribution in [0.4, 0.5) is 11.4 Å². The summed E-state index contributed by atoms with van der Waals surface area (Å²) in [4.78, 5) is 28.0. The van der Waals surface area contributed by atoms with Crippen LogP contribution in [0.3, 0.4) is 0 Å². The van der Waals surface area contributed by atoms with Crippen molar-refractivity contribution >= 4 is 17.3 Å². The Morgan fingerprint density at radius 1 is 1.21 bits per heavy atom. The summed E-state index contributed by atoms with van der Waals surface area (Å²) in [5.41, 5.74) is 1.12. The molecule has 0 bridgehead atoms. The molecule has 2 heterocycles. The summed E-state index contributed by atoms with van der Waals surface area (Å²) >= 11 is 0. The lowest BCUT2D eigenvalue weighted by Gasteiger charge is -2.35. The summed E-state index contributed by atoms with van der Waals surface area (Å²) in [7, 11) is 0. The Labute approximate surface area is 142 Å². The molecule has 2 aliphatic rings. The van der Waals surface area contributed by atoms with Crippen LogP contribution in [0.5, 0.6) is 0 Å². The van der Waals surface area contributed by atoms with Gasteiger partial charge in [-0.3, -0.25) is 14.9 Å². The topological polar surface area (TPSA) is 66.7 Å². The average Bonchev–Trinajstić information content (AvgIpc) is 3.15. The highest BCUT2D eigenvalue weighted by molar-refractivity contribution is 5.96. The van der Waals surface area contributed by atoms with E-state index < -0.39 is 0 Å². The lowest BCUT2D eigenvalue weighted by molar-refractivity contribution is -0.384. The van der Waals surface area contributed by atoms with E-state index in [2.05, 4.69) is 6.92 Å². The van der Waals surface area contributed by atoms with E-state index in [4.69, 9.17) is 0 Å². The van der Waals surface area contributed by atoms with Crippen molar-refractivity contribution in [2.24, 2.45) is 0 Å². The van der Waals surface area contributed by atoms with Gasteiger partial charge in [0, 0.05) is 37.3 Å². The Morgan fingerprint density at radius 3 is 2.58 bits per heavy atom. The van der Waals surface area contributed by atoms with E-state index >= 15 is 0 Å². The highest BCUT2D eigenvalue weighted by atomic mass is 16.6. The van der Waals surface area contributed by atoms with Crippen molar-refractivity contribution in [3.05, 3.63) is 33.9 Å². The van der Waals surface area contributed by atoms with Crippen LogP contribution in [-0.4, -0.2) is 41.4 Å². The Balaban J connectivity index is 1.89. The molecule has 0 spiro atoms. The van der Waals surface area contributed by atoms with Gasteiger partial charge in [0.25, 0.3) is 11.6 Å². The van der Waals surface area contributed by atoms with Crippen molar-refractivity contribution in [3.8, 4) is 0 Å². The number of nitrogens with zero attached hydrogens (tertiary/aromatic N) is 3. The van der Waals surface area contributed by atoms with E-state index in [1.807, 2.05) is 9.80 Å². The average molecular weight is 331 g/mol. The van der Waals surface area contributed by atoms with E-state index in [1.165, 1.54) is 6.07 Å². The molecule has 3 rings (SSSR count). The van der Waals surface area contributed by atoms with Gasteiger partial charge in [0.2, 0.25) is 0 Å². The number of nitro groups is 1. The summed E-state index contributed by atoms with van der Waals surface area (Å²) in [6, 6.07) is 5.23. The fraction of sp³-hybridized carbons (Fsp3) is 0.611. The second-order valence-corrected chi connectivity index (χ2v) is 6.71. The number of amides is 1.